The second-order valence-corrected chi connectivity index (χ2v) is 8.67. The van der Waals surface area contributed by atoms with Gasteiger partial charge in [-0.05, 0) is 61.2 Å². The molecule has 1 unspecified atom stereocenters. The zero-order chi connectivity index (χ0) is 21.6. The van der Waals surface area contributed by atoms with Crippen molar-refractivity contribution in [1.29, 1.82) is 0 Å². The fourth-order valence-electron chi connectivity index (χ4n) is 3.73. The number of aryl methyl sites for hydroxylation is 1. The van der Waals surface area contributed by atoms with Gasteiger partial charge in [0.05, 0.1) is 0 Å². The maximum Gasteiger partial charge on any atom is 0.226 e. The highest BCUT2D eigenvalue weighted by atomic mass is 79.9. The summed E-state index contributed by atoms with van der Waals surface area (Å²) in [5.41, 5.74) is 1.91. The highest BCUT2D eigenvalue weighted by molar-refractivity contribution is 9.10. The van der Waals surface area contributed by atoms with Crippen LogP contribution in [0.3, 0.4) is 0 Å². The zero-order valence-corrected chi connectivity index (χ0v) is 18.6. The smallest absolute Gasteiger partial charge is 0.226 e. The maximum atomic E-state index is 13.0. The lowest BCUT2D eigenvalue weighted by Gasteiger charge is -2.19. The SMILES string of the molecule is O=C(CCCc1nc(-c2ccc(F)cc2)no1)NCC1CCN(c2cccc(Br)c2)C1. The maximum absolute atomic E-state index is 13.0. The van der Waals surface area contributed by atoms with E-state index in [9.17, 15) is 9.18 Å². The van der Waals surface area contributed by atoms with Crippen LogP contribution in [-0.2, 0) is 11.2 Å². The van der Waals surface area contributed by atoms with Crippen LogP contribution in [0.5, 0.6) is 0 Å². The fraction of sp³-hybridized carbons (Fsp3) is 0.348. The Hall–Kier alpha value is -2.74. The van der Waals surface area contributed by atoms with Crippen molar-refractivity contribution in [2.75, 3.05) is 24.5 Å². The fourth-order valence-corrected chi connectivity index (χ4v) is 4.11. The third-order valence-electron chi connectivity index (χ3n) is 5.41. The van der Waals surface area contributed by atoms with Crippen molar-refractivity contribution in [2.45, 2.75) is 25.7 Å². The molecule has 4 rings (SSSR count). The molecule has 1 aliphatic heterocycles. The summed E-state index contributed by atoms with van der Waals surface area (Å²) in [6.45, 7) is 2.65. The molecule has 162 valence electrons. The summed E-state index contributed by atoms with van der Waals surface area (Å²) >= 11 is 3.52. The van der Waals surface area contributed by atoms with Crippen LogP contribution in [0.15, 0.2) is 57.5 Å². The molecule has 1 amide bonds. The topological polar surface area (TPSA) is 71.3 Å². The number of nitrogens with one attached hydrogen (secondary N) is 1. The van der Waals surface area contributed by atoms with Crippen LogP contribution in [0.2, 0.25) is 0 Å². The molecule has 1 aliphatic rings. The number of rotatable bonds is 8. The summed E-state index contributed by atoms with van der Waals surface area (Å²) in [6, 6.07) is 14.2. The van der Waals surface area contributed by atoms with E-state index >= 15 is 0 Å². The molecule has 0 saturated carbocycles. The normalized spacial score (nSPS) is 15.9. The second kappa shape index (κ2) is 10.0. The minimum absolute atomic E-state index is 0.0409. The summed E-state index contributed by atoms with van der Waals surface area (Å²) in [5.74, 6) is 1.09. The molecule has 1 fully saturated rings. The van der Waals surface area contributed by atoms with Crippen LogP contribution in [-0.4, -0.2) is 35.7 Å². The van der Waals surface area contributed by atoms with Crippen molar-refractivity contribution in [3.8, 4) is 11.4 Å². The van der Waals surface area contributed by atoms with Gasteiger partial charge in [-0.2, -0.15) is 4.98 Å². The minimum atomic E-state index is -0.308. The lowest BCUT2D eigenvalue weighted by molar-refractivity contribution is -0.121. The monoisotopic (exact) mass is 486 g/mol. The Morgan fingerprint density at radius 2 is 2.10 bits per heavy atom. The number of hydrogen-bond donors (Lipinski definition) is 1. The van der Waals surface area contributed by atoms with Gasteiger partial charge in [0, 0.05) is 48.2 Å². The van der Waals surface area contributed by atoms with E-state index < -0.39 is 0 Å². The number of anilines is 1. The lowest BCUT2D eigenvalue weighted by Crippen LogP contribution is -2.30. The van der Waals surface area contributed by atoms with E-state index in [0.717, 1.165) is 24.0 Å². The Kier molecular flexibility index (Phi) is 6.96. The lowest BCUT2D eigenvalue weighted by atomic mass is 10.1. The summed E-state index contributed by atoms with van der Waals surface area (Å²) in [6.07, 6.45) is 2.64. The van der Waals surface area contributed by atoms with Crippen molar-refractivity contribution in [1.82, 2.24) is 15.5 Å². The van der Waals surface area contributed by atoms with Crippen LogP contribution >= 0.6 is 15.9 Å². The third-order valence-corrected chi connectivity index (χ3v) is 5.91. The van der Waals surface area contributed by atoms with E-state index in [0.29, 0.717) is 49.0 Å². The van der Waals surface area contributed by atoms with Crippen molar-refractivity contribution in [2.24, 2.45) is 5.92 Å². The Morgan fingerprint density at radius 3 is 2.90 bits per heavy atom. The summed E-state index contributed by atoms with van der Waals surface area (Å²) < 4.78 is 19.3. The molecule has 0 aliphatic carbocycles. The predicted molar refractivity (Wildman–Crippen MR) is 120 cm³/mol. The van der Waals surface area contributed by atoms with Crippen molar-refractivity contribution in [3.63, 3.8) is 0 Å². The molecular weight excluding hydrogens is 463 g/mol. The predicted octanol–water partition coefficient (Wildman–Crippen LogP) is 4.60. The molecule has 1 N–H and O–H groups in total. The van der Waals surface area contributed by atoms with Gasteiger partial charge in [0.1, 0.15) is 5.82 Å². The van der Waals surface area contributed by atoms with Gasteiger partial charge < -0.3 is 14.7 Å². The molecule has 1 aromatic heterocycles. The molecule has 3 aromatic rings. The molecular formula is C23H24BrFN4O2. The average molecular weight is 487 g/mol. The molecule has 6 nitrogen and oxygen atoms in total. The number of halogens is 2. The Balaban J connectivity index is 1.16. The first-order chi connectivity index (χ1) is 15.1. The molecule has 0 radical (unpaired) electrons. The molecule has 1 atom stereocenters. The highest BCUT2D eigenvalue weighted by Crippen LogP contribution is 2.26. The summed E-state index contributed by atoms with van der Waals surface area (Å²) in [7, 11) is 0. The van der Waals surface area contributed by atoms with Crippen molar-refractivity contribution in [3.05, 3.63) is 64.7 Å². The van der Waals surface area contributed by atoms with E-state index in [4.69, 9.17) is 4.52 Å². The molecule has 2 heterocycles. The third kappa shape index (κ3) is 5.91. The van der Waals surface area contributed by atoms with Crippen LogP contribution in [0, 0.1) is 11.7 Å². The number of nitrogens with zero attached hydrogens (tertiary/aromatic N) is 3. The quantitative estimate of drug-likeness (QED) is 0.503. The zero-order valence-electron chi connectivity index (χ0n) is 17.1. The average Bonchev–Trinajstić information content (AvgIpc) is 3.43. The van der Waals surface area contributed by atoms with Crippen molar-refractivity contribution < 1.29 is 13.7 Å². The van der Waals surface area contributed by atoms with E-state index in [1.807, 2.05) is 12.1 Å². The van der Waals surface area contributed by atoms with Gasteiger partial charge in [-0.25, -0.2) is 4.39 Å². The van der Waals surface area contributed by atoms with Gasteiger partial charge in [-0.3, -0.25) is 4.79 Å². The van der Waals surface area contributed by atoms with E-state index in [2.05, 4.69) is 48.4 Å². The van der Waals surface area contributed by atoms with Crippen LogP contribution in [0.25, 0.3) is 11.4 Å². The number of carbonyl (C=O) groups excluding carboxylic acids is 1. The van der Waals surface area contributed by atoms with Gasteiger partial charge in [0.25, 0.3) is 0 Å². The first-order valence-corrected chi connectivity index (χ1v) is 11.2. The summed E-state index contributed by atoms with van der Waals surface area (Å²) in [4.78, 5) is 18.9. The van der Waals surface area contributed by atoms with Crippen LogP contribution < -0.4 is 10.2 Å². The van der Waals surface area contributed by atoms with Crippen molar-refractivity contribution >= 4 is 27.5 Å². The van der Waals surface area contributed by atoms with E-state index in [1.54, 1.807) is 12.1 Å². The van der Waals surface area contributed by atoms with Crippen LogP contribution in [0.1, 0.15) is 25.2 Å². The standard InChI is InChI=1S/C23H24BrFN4O2/c24-18-3-1-4-20(13-18)29-12-11-16(15-29)14-26-21(30)5-2-6-22-27-23(28-31-22)17-7-9-19(25)10-8-17/h1,3-4,7-10,13,16H,2,5-6,11-12,14-15H2,(H,26,30). The number of aromatic nitrogens is 2. The van der Waals surface area contributed by atoms with Gasteiger partial charge in [-0.1, -0.05) is 27.2 Å². The first-order valence-electron chi connectivity index (χ1n) is 10.4. The van der Waals surface area contributed by atoms with Gasteiger partial charge >= 0.3 is 0 Å². The first kappa shape index (κ1) is 21.5. The van der Waals surface area contributed by atoms with E-state index in [-0.39, 0.29) is 11.7 Å². The van der Waals surface area contributed by atoms with E-state index in [1.165, 1.54) is 17.8 Å². The Labute approximate surface area is 189 Å². The molecule has 0 spiro atoms. The number of hydrogen-bond acceptors (Lipinski definition) is 5. The van der Waals surface area contributed by atoms with Crippen LogP contribution in [0.4, 0.5) is 10.1 Å². The number of amides is 1. The highest BCUT2D eigenvalue weighted by Gasteiger charge is 2.23. The molecule has 1 saturated heterocycles. The number of benzene rings is 2. The molecule has 31 heavy (non-hydrogen) atoms. The van der Waals surface area contributed by atoms with Gasteiger partial charge in [0.15, 0.2) is 0 Å². The second-order valence-electron chi connectivity index (χ2n) is 7.76. The molecule has 0 bridgehead atoms. The largest absolute Gasteiger partial charge is 0.371 e. The molecule has 8 heteroatoms. The Morgan fingerprint density at radius 1 is 1.26 bits per heavy atom. The summed E-state index contributed by atoms with van der Waals surface area (Å²) in [5, 5.41) is 6.98. The minimum Gasteiger partial charge on any atom is -0.371 e. The van der Waals surface area contributed by atoms with Gasteiger partial charge in [-0.15, -0.1) is 0 Å². The molecule has 2 aromatic carbocycles. The number of carbonyl (C=O) groups is 1. The Bertz CT molecular complexity index is 1020. The van der Waals surface area contributed by atoms with Gasteiger partial charge in [0.2, 0.25) is 17.6 Å².